The van der Waals surface area contributed by atoms with E-state index in [1.807, 2.05) is 5.32 Å². The molecule has 0 bridgehead atoms. The third kappa shape index (κ3) is 8.21. The fourth-order valence-electron chi connectivity index (χ4n) is 2.25. The molecule has 9 nitrogen and oxygen atoms in total. The van der Waals surface area contributed by atoms with Crippen LogP contribution in [0.1, 0.15) is 16.8 Å². The average Bonchev–Trinajstić information content (AvgIpc) is 2.72. The molecule has 2 aromatic carbocycles. The number of halogens is 3. The van der Waals surface area contributed by atoms with Gasteiger partial charge in [-0.2, -0.15) is 8.78 Å². The summed E-state index contributed by atoms with van der Waals surface area (Å²) >= 11 is 5.75. The Bertz CT molecular complexity index is 1080. The number of amides is 2. The highest BCUT2D eigenvalue weighted by Gasteiger charge is 2.16. The van der Waals surface area contributed by atoms with Crippen LogP contribution in [-0.2, 0) is 24.3 Å². The monoisotopic (exact) mass is 490 g/mol. The van der Waals surface area contributed by atoms with E-state index in [0.717, 1.165) is 12.1 Å². The first kappa shape index (κ1) is 25.2. The highest BCUT2D eigenvalue weighted by molar-refractivity contribution is 7.89. The van der Waals surface area contributed by atoms with E-state index in [9.17, 15) is 31.6 Å². The third-order valence-electron chi connectivity index (χ3n) is 3.69. The molecule has 0 saturated carbocycles. The predicted octanol–water partition coefficient (Wildman–Crippen LogP) is 2.11. The first-order valence-corrected chi connectivity index (χ1v) is 10.7. The molecule has 0 radical (unpaired) electrons. The molecule has 2 aromatic rings. The first-order chi connectivity index (χ1) is 15.1. The Kier molecular flexibility index (Phi) is 9.05. The molecule has 0 aliphatic rings. The lowest BCUT2D eigenvalue weighted by atomic mass is 10.2. The van der Waals surface area contributed by atoms with Gasteiger partial charge in [-0.3, -0.25) is 19.7 Å². The number of alkyl halides is 2. The maximum atomic E-state index is 12.1. The van der Waals surface area contributed by atoms with E-state index >= 15 is 0 Å². The SMILES string of the molecule is O=C(COC(=O)CCNS(=O)(=O)c1cccc(Cl)c1)NC(=O)c1ccc(OC(F)F)cc1. The van der Waals surface area contributed by atoms with Crippen LogP contribution in [0.5, 0.6) is 5.75 Å². The summed E-state index contributed by atoms with van der Waals surface area (Å²) in [5.74, 6) is -2.82. The minimum Gasteiger partial charge on any atom is -0.456 e. The lowest BCUT2D eigenvalue weighted by Gasteiger charge is -2.08. The van der Waals surface area contributed by atoms with Gasteiger partial charge in [-0.25, -0.2) is 13.1 Å². The molecule has 0 unspecified atom stereocenters. The van der Waals surface area contributed by atoms with Crippen molar-refractivity contribution in [3.63, 3.8) is 0 Å². The van der Waals surface area contributed by atoms with Crippen molar-refractivity contribution in [3.8, 4) is 5.75 Å². The standard InChI is InChI=1S/C19H17ClF2N2O7S/c20-13-2-1-3-15(10-13)32(28,29)23-9-8-17(26)30-11-16(25)24-18(27)12-4-6-14(7-5-12)31-19(21)22/h1-7,10,19,23H,8-9,11H2,(H,24,25,27). The van der Waals surface area contributed by atoms with Crippen LogP contribution in [0, 0.1) is 0 Å². The molecule has 0 spiro atoms. The number of esters is 1. The fraction of sp³-hybridized carbons (Fsp3) is 0.211. The van der Waals surface area contributed by atoms with Crippen LogP contribution in [0.15, 0.2) is 53.4 Å². The molecule has 0 heterocycles. The molecule has 32 heavy (non-hydrogen) atoms. The van der Waals surface area contributed by atoms with Crippen molar-refractivity contribution < 1.29 is 41.1 Å². The van der Waals surface area contributed by atoms with Gasteiger partial charge in [0, 0.05) is 17.1 Å². The maximum absolute atomic E-state index is 12.1. The summed E-state index contributed by atoms with van der Waals surface area (Å²) < 4.78 is 59.4. The summed E-state index contributed by atoms with van der Waals surface area (Å²) in [6.07, 6.45) is -0.368. The molecule has 0 aromatic heterocycles. The van der Waals surface area contributed by atoms with E-state index in [1.54, 1.807) is 0 Å². The van der Waals surface area contributed by atoms with E-state index in [4.69, 9.17) is 11.6 Å². The number of hydrogen-bond donors (Lipinski definition) is 2. The summed E-state index contributed by atoms with van der Waals surface area (Å²) in [7, 11) is -3.88. The fourth-order valence-corrected chi connectivity index (χ4v) is 3.58. The zero-order valence-electron chi connectivity index (χ0n) is 16.2. The van der Waals surface area contributed by atoms with Crippen LogP contribution >= 0.6 is 11.6 Å². The van der Waals surface area contributed by atoms with Crippen molar-refractivity contribution >= 4 is 39.4 Å². The van der Waals surface area contributed by atoms with E-state index in [0.29, 0.717) is 0 Å². The van der Waals surface area contributed by atoms with Crippen molar-refractivity contribution in [3.05, 3.63) is 59.1 Å². The molecule has 2 amide bonds. The van der Waals surface area contributed by atoms with Gasteiger partial charge in [-0.15, -0.1) is 0 Å². The normalized spacial score (nSPS) is 11.1. The lowest BCUT2D eigenvalue weighted by molar-refractivity contribution is -0.148. The van der Waals surface area contributed by atoms with E-state index < -0.39 is 41.0 Å². The Morgan fingerprint density at radius 1 is 1.06 bits per heavy atom. The minimum absolute atomic E-state index is 0.0123. The van der Waals surface area contributed by atoms with Crippen LogP contribution in [0.3, 0.4) is 0 Å². The second-order valence-electron chi connectivity index (χ2n) is 6.05. The number of imide groups is 1. The molecule has 0 saturated heterocycles. The molecule has 172 valence electrons. The first-order valence-electron chi connectivity index (χ1n) is 8.87. The van der Waals surface area contributed by atoms with Crippen molar-refractivity contribution in [1.29, 1.82) is 0 Å². The Balaban J connectivity index is 1.73. The predicted molar refractivity (Wildman–Crippen MR) is 108 cm³/mol. The Morgan fingerprint density at radius 3 is 2.38 bits per heavy atom. The van der Waals surface area contributed by atoms with Gasteiger partial charge in [-0.1, -0.05) is 17.7 Å². The highest BCUT2D eigenvalue weighted by atomic mass is 35.5. The van der Waals surface area contributed by atoms with Crippen molar-refractivity contribution in [2.75, 3.05) is 13.2 Å². The van der Waals surface area contributed by atoms with Crippen molar-refractivity contribution in [1.82, 2.24) is 10.0 Å². The molecular weight excluding hydrogens is 474 g/mol. The topological polar surface area (TPSA) is 128 Å². The smallest absolute Gasteiger partial charge is 0.387 e. The average molecular weight is 491 g/mol. The molecule has 0 atom stereocenters. The van der Waals surface area contributed by atoms with Crippen LogP contribution < -0.4 is 14.8 Å². The number of carbonyl (C=O) groups is 3. The third-order valence-corrected chi connectivity index (χ3v) is 5.38. The van der Waals surface area contributed by atoms with Gasteiger partial charge in [0.05, 0.1) is 11.3 Å². The second-order valence-corrected chi connectivity index (χ2v) is 8.25. The second kappa shape index (κ2) is 11.5. The van der Waals surface area contributed by atoms with E-state index in [1.165, 1.54) is 36.4 Å². The quantitative estimate of drug-likeness (QED) is 0.488. The van der Waals surface area contributed by atoms with Crippen molar-refractivity contribution in [2.45, 2.75) is 17.9 Å². The number of nitrogens with one attached hydrogen (secondary N) is 2. The summed E-state index contributed by atoms with van der Waals surface area (Å²) in [6, 6.07) is 10.1. The molecule has 13 heteroatoms. The van der Waals surface area contributed by atoms with Gasteiger partial charge in [0.25, 0.3) is 11.8 Å². The lowest BCUT2D eigenvalue weighted by Crippen LogP contribution is -2.34. The van der Waals surface area contributed by atoms with Gasteiger partial charge in [0.15, 0.2) is 6.61 Å². The summed E-state index contributed by atoms with van der Waals surface area (Å²) in [6.45, 7) is -4.09. The number of sulfonamides is 1. The van der Waals surface area contributed by atoms with Crippen LogP contribution in [0.25, 0.3) is 0 Å². The van der Waals surface area contributed by atoms with Crippen LogP contribution in [0.2, 0.25) is 5.02 Å². The molecule has 2 N–H and O–H groups in total. The Morgan fingerprint density at radius 2 is 1.75 bits per heavy atom. The summed E-state index contributed by atoms with van der Waals surface area (Å²) in [5, 5.41) is 2.18. The van der Waals surface area contributed by atoms with Crippen LogP contribution in [0.4, 0.5) is 8.78 Å². The van der Waals surface area contributed by atoms with Gasteiger partial charge < -0.3 is 9.47 Å². The molecule has 2 rings (SSSR count). The largest absolute Gasteiger partial charge is 0.456 e. The Labute approximate surface area is 186 Å². The summed E-state index contributed by atoms with van der Waals surface area (Å²) in [5.41, 5.74) is -0.0123. The minimum atomic E-state index is -3.88. The molecule has 0 fully saturated rings. The molecular formula is C19H17ClF2N2O7S. The van der Waals surface area contributed by atoms with E-state index in [-0.39, 0.29) is 34.2 Å². The number of hydrogen-bond acceptors (Lipinski definition) is 7. The molecule has 0 aliphatic heterocycles. The molecule has 0 aliphatic carbocycles. The number of carbonyl (C=O) groups excluding carboxylic acids is 3. The van der Waals surface area contributed by atoms with Crippen molar-refractivity contribution in [2.24, 2.45) is 0 Å². The zero-order valence-corrected chi connectivity index (χ0v) is 17.8. The van der Waals surface area contributed by atoms with E-state index in [2.05, 4.69) is 14.2 Å². The number of benzene rings is 2. The van der Waals surface area contributed by atoms with Gasteiger partial charge in [-0.05, 0) is 42.5 Å². The maximum Gasteiger partial charge on any atom is 0.387 e. The summed E-state index contributed by atoms with van der Waals surface area (Å²) in [4.78, 5) is 35.3. The van der Waals surface area contributed by atoms with Gasteiger partial charge in [0.1, 0.15) is 5.75 Å². The van der Waals surface area contributed by atoms with Gasteiger partial charge in [0.2, 0.25) is 10.0 Å². The Hall–Kier alpha value is -3.09. The highest BCUT2D eigenvalue weighted by Crippen LogP contribution is 2.16. The van der Waals surface area contributed by atoms with Crippen LogP contribution in [-0.4, -0.2) is 46.0 Å². The number of rotatable bonds is 10. The number of ether oxygens (including phenoxy) is 2. The zero-order chi connectivity index (χ0) is 23.7. The van der Waals surface area contributed by atoms with Gasteiger partial charge >= 0.3 is 12.6 Å².